The Morgan fingerprint density at radius 2 is 2.11 bits per heavy atom. The van der Waals surface area contributed by atoms with E-state index in [1.54, 1.807) is 0 Å². The topological polar surface area (TPSA) is 35.5 Å². The van der Waals surface area contributed by atoms with Gasteiger partial charge in [0.15, 0.2) is 0 Å². The number of phenolic OH excluding ortho intramolecular Hbond substituents is 1. The lowest BCUT2D eigenvalue weighted by Crippen LogP contribution is -2.37. The Kier molecular flexibility index (Phi) is 5.03. The molecule has 2 N–H and O–H groups in total. The average Bonchev–Trinajstić information content (AvgIpc) is 2.84. The van der Waals surface area contributed by atoms with Gasteiger partial charge in [0.05, 0.1) is 4.47 Å². The minimum Gasteiger partial charge on any atom is -0.506 e. The molecule has 3 nitrogen and oxygen atoms in total. The Bertz CT molecular complexity index is 391. The summed E-state index contributed by atoms with van der Waals surface area (Å²) in [6.45, 7) is 6.46. The number of hydrogen-bond donors (Lipinski definition) is 2. The molecule has 1 aliphatic heterocycles. The van der Waals surface area contributed by atoms with Gasteiger partial charge in [0.1, 0.15) is 5.75 Å². The van der Waals surface area contributed by atoms with Crippen LogP contribution in [0, 0.1) is 0 Å². The molecule has 1 saturated heterocycles. The van der Waals surface area contributed by atoms with E-state index in [2.05, 4.69) is 33.1 Å². The summed E-state index contributed by atoms with van der Waals surface area (Å²) < 4.78 is 0.758. The van der Waals surface area contributed by atoms with Gasteiger partial charge in [-0.3, -0.25) is 0 Å². The minimum absolute atomic E-state index is 0.346. The van der Waals surface area contributed by atoms with E-state index in [4.69, 9.17) is 0 Å². The molecular formula is C14H21BrN2O. The molecule has 4 heteroatoms. The van der Waals surface area contributed by atoms with Crippen molar-refractivity contribution in [2.75, 3.05) is 19.6 Å². The largest absolute Gasteiger partial charge is 0.506 e. The van der Waals surface area contributed by atoms with Gasteiger partial charge in [-0.2, -0.15) is 0 Å². The smallest absolute Gasteiger partial charge is 0.134 e. The van der Waals surface area contributed by atoms with Crippen molar-refractivity contribution >= 4 is 15.9 Å². The van der Waals surface area contributed by atoms with Gasteiger partial charge in [-0.25, -0.2) is 0 Å². The fourth-order valence-corrected chi connectivity index (χ4v) is 2.81. The fraction of sp³-hybridized carbons (Fsp3) is 0.571. The van der Waals surface area contributed by atoms with E-state index >= 15 is 0 Å². The molecule has 2 rings (SSSR count). The van der Waals surface area contributed by atoms with Crippen molar-refractivity contribution < 1.29 is 5.11 Å². The Balaban J connectivity index is 1.81. The molecule has 1 unspecified atom stereocenters. The standard InChI is InChI=1S/C14H21BrN2O/c1-11(10-17-7-2-3-8-17)16-9-12-5-4-6-13(15)14(12)18/h4-6,11,16,18H,2-3,7-10H2,1H3. The van der Waals surface area contributed by atoms with Crippen molar-refractivity contribution in [3.63, 3.8) is 0 Å². The Morgan fingerprint density at radius 3 is 2.83 bits per heavy atom. The van der Waals surface area contributed by atoms with Gasteiger partial charge in [0.2, 0.25) is 0 Å². The summed E-state index contributed by atoms with van der Waals surface area (Å²) in [6, 6.07) is 6.20. The molecule has 0 bridgehead atoms. The molecule has 1 heterocycles. The molecule has 18 heavy (non-hydrogen) atoms. The summed E-state index contributed by atoms with van der Waals surface area (Å²) in [4.78, 5) is 2.50. The summed E-state index contributed by atoms with van der Waals surface area (Å²) in [5.41, 5.74) is 0.942. The Hall–Kier alpha value is -0.580. The summed E-state index contributed by atoms with van der Waals surface area (Å²) in [5.74, 6) is 0.346. The first kappa shape index (κ1) is 13.8. The third-order valence-corrected chi connectivity index (χ3v) is 4.08. The first-order valence-corrected chi connectivity index (χ1v) is 7.38. The summed E-state index contributed by atoms with van der Waals surface area (Å²) in [6.07, 6.45) is 2.66. The number of para-hydroxylation sites is 1. The lowest BCUT2D eigenvalue weighted by molar-refractivity contribution is 0.297. The Morgan fingerprint density at radius 1 is 1.39 bits per heavy atom. The second-order valence-corrected chi connectivity index (χ2v) is 5.89. The Labute approximate surface area is 117 Å². The highest BCUT2D eigenvalue weighted by atomic mass is 79.9. The predicted molar refractivity (Wildman–Crippen MR) is 77.8 cm³/mol. The van der Waals surface area contributed by atoms with Gasteiger partial charge >= 0.3 is 0 Å². The summed E-state index contributed by atoms with van der Waals surface area (Å²) in [7, 11) is 0. The highest BCUT2D eigenvalue weighted by molar-refractivity contribution is 9.10. The fourth-order valence-electron chi connectivity index (χ4n) is 2.40. The van der Waals surface area contributed by atoms with Crippen molar-refractivity contribution in [2.24, 2.45) is 0 Å². The maximum atomic E-state index is 9.90. The highest BCUT2D eigenvalue weighted by Gasteiger charge is 2.14. The van der Waals surface area contributed by atoms with E-state index in [1.807, 2.05) is 18.2 Å². The molecule has 0 aromatic heterocycles. The predicted octanol–water partition coefficient (Wildman–Crippen LogP) is 2.73. The lowest BCUT2D eigenvalue weighted by Gasteiger charge is -2.21. The van der Waals surface area contributed by atoms with Crippen LogP contribution in [0.25, 0.3) is 0 Å². The van der Waals surface area contributed by atoms with Gasteiger partial charge in [-0.05, 0) is 54.9 Å². The third kappa shape index (κ3) is 3.70. The number of nitrogens with zero attached hydrogens (tertiary/aromatic N) is 1. The SMILES string of the molecule is CC(CN1CCCC1)NCc1cccc(Br)c1O. The van der Waals surface area contributed by atoms with E-state index in [1.165, 1.54) is 25.9 Å². The number of phenols is 1. The minimum atomic E-state index is 0.346. The van der Waals surface area contributed by atoms with E-state index < -0.39 is 0 Å². The number of nitrogens with one attached hydrogen (secondary N) is 1. The van der Waals surface area contributed by atoms with Crippen LogP contribution in [0.2, 0.25) is 0 Å². The average molecular weight is 313 g/mol. The number of aromatic hydroxyl groups is 1. The summed E-state index contributed by atoms with van der Waals surface area (Å²) in [5, 5.41) is 13.4. The number of rotatable bonds is 5. The van der Waals surface area contributed by atoms with Crippen molar-refractivity contribution in [2.45, 2.75) is 32.4 Å². The van der Waals surface area contributed by atoms with Crippen LogP contribution in [-0.2, 0) is 6.54 Å². The van der Waals surface area contributed by atoms with E-state index in [9.17, 15) is 5.11 Å². The molecule has 0 saturated carbocycles. The third-order valence-electron chi connectivity index (χ3n) is 3.44. The van der Waals surface area contributed by atoms with Crippen LogP contribution >= 0.6 is 15.9 Å². The van der Waals surface area contributed by atoms with Crippen molar-refractivity contribution in [1.82, 2.24) is 10.2 Å². The highest BCUT2D eigenvalue weighted by Crippen LogP contribution is 2.27. The van der Waals surface area contributed by atoms with Crippen LogP contribution in [0.3, 0.4) is 0 Å². The maximum Gasteiger partial charge on any atom is 0.134 e. The summed E-state index contributed by atoms with van der Waals surface area (Å²) >= 11 is 3.34. The second kappa shape index (κ2) is 6.55. The molecule has 0 amide bonds. The van der Waals surface area contributed by atoms with Gasteiger partial charge in [-0.15, -0.1) is 0 Å². The number of benzene rings is 1. The van der Waals surface area contributed by atoms with Gasteiger partial charge in [0, 0.05) is 24.7 Å². The number of likely N-dealkylation sites (tertiary alicyclic amines) is 1. The zero-order valence-corrected chi connectivity index (χ0v) is 12.4. The van der Waals surface area contributed by atoms with E-state index in [0.717, 1.165) is 16.6 Å². The molecule has 1 aromatic rings. The van der Waals surface area contributed by atoms with Crippen LogP contribution in [0.4, 0.5) is 0 Å². The molecule has 0 spiro atoms. The van der Waals surface area contributed by atoms with Crippen molar-refractivity contribution in [1.29, 1.82) is 0 Å². The van der Waals surface area contributed by atoms with E-state index in [-0.39, 0.29) is 0 Å². The molecular weight excluding hydrogens is 292 g/mol. The lowest BCUT2D eigenvalue weighted by atomic mass is 10.2. The second-order valence-electron chi connectivity index (χ2n) is 5.04. The van der Waals surface area contributed by atoms with Crippen molar-refractivity contribution in [3.8, 4) is 5.75 Å². The van der Waals surface area contributed by atoms with E-state index in [0.29, 0.717) is 18.3 Å². The maximum absolute atomic E-state index is 9.90. The number of hydrogen-bond acceptors (Lipinski definition) is 3. The number of halogens is 1. The first-order valence-electron chi connectivity index (χ1n) is 6.59. The molecule has 1 aliphatic rings. The normalized spacial score (nSPS) is 18.1. The molecule has 1 aromatic carbocycles. The zero-order chi connectivity index (χ0) is 13.0. The zero-order valence-electron chi connectivity index (χ0n) is 10.8. The quantitative estimate of drug-likeness (QED) is 0.877. The molecule has 0 aliphatic carbocycles. The van der Waals surface area contributed by atoms with Crippen LogP contribution in [0.15, 0.2) is 22.7 Å². The van der Waals surface area contributed by atoms with Gasteiger partial charge in [0.25, 0.3) is 0 Å². The molecule has 1 fully saturated rings. The van der Waals surface area contributed by atoms with Gasteiger partial charge in [-0.1, -0.05) is 12.1 Å². The molecule has 1 atom stereocenters. The van der Waals surface area contributed by atoms with Crippen molar-refractivity contribution in [3.05, 3.63) is 28.2 Å². The van der Waals surface area contributed by atoms with Crippen LogP contribution in [0.1, 0.15) is 25.3 Å². The molecule has 100 valence electrons. The van der Waals surface area contributed by atoms with Crippen LogP contribution in [0.5, 0.6) is 5.75 Å². The van der Waals surface area contributed by atoms with Crippen LogP contribution < -0.4 is 5.32 Å². The first-order chi connectivity index (χ1) is 8.66. The van der Waals surface area contributed by atoms with Gasteiger partial charge < -0.3 is 15.3 Å². The monoisotopic (exact) mass is 312 g/mol. The molecule has 0 radical (unpaired) electrons. The van der Waals surface area contributed by atoms with Crippen LogP contribution in [-0.4, -0.2) is 35.7 Å².